The maximum Gasteiger partial charge on any atom is 0.289 e. The fraction of sp³-hybridized carbons (Fsp3) is 0.478. The lowest BCUT2D eigenvalue weighted by molar-refractivity contribution is -0.384. The van der Waals surface area contributed by atoms with Crippen LogP contribution in [0.25, 0.3) is 0 Å². The summed E-state index contributed by atoms with van der Waals surface area (Å²) in [6.45, 7) is 6.19. The summed E-state index contributed by atoms with van der Waals surface area (Å²) in [6.07, 6.45) is 2.74. The van der Waals surface area contributed by atoms with E-state index >= 15 is 0 Å². The Kier molecular flexibility index (Phi) is 6.16. The number of amides is 2. The Morgan fingerprint density at radius 1 is 1.28 bits per heavy atom. The number of hydrogen-bond acceptors (Lipinski definition) is 6. The summed E-state index contributed by atoms with van der Waals surface area (Å²) < 4.78 is 5.28. The molecule has 1 saturated heterocycles. The van der Waals surface area contributed by atoms with E-state index in [4.69, 9.17) is 4.42 Å². The third-order valence-corrected chi connectivity index (χ3v) is 6.28. The van der Waals surface area contributed by atoms with Crippen molar-refractivity contribution < 1.29 is 18.9 Å². The van der Waals surface area contributed by atoms with Gasteiger partial charge in [0.25, 0.3) is 11.6 Å². The number of nitrogens with zero attached hydrogens (tertiary/aromatic N) is 3. The zero-order chi connectivity index (χ0) is 22.8. The molecule has 2 aromatic rings. The van der Waals surface area contributed by atoms with Crippen LogP contribution in [0.5, 0.6) is 0 Å². The summed E-state index contributed by atoms with van der Waals surface area (Å²) >= 11 is 0. The molecule has 1 fully saturated rings. The van der Waals surface area contributed by atoms with Crippen LogP contribution in [0.15, 0.2) is 41.0 Å². The summed E-state index contributed by atoms with van der Waals surface area (Å²) in [5.74, 6) is 0.0675. The number of nitro benzene ring substituents is 1. The van der Waals surface area contributed by atoms with E-state index < -0.39 is 10.8 Å². The molecule has 170 valence electrons. The average Bonchev–Trinajstić information content (AvgIpc) is 3.31. The topological polar surface area (TPSA) is 109 Å². The molecule has 1 aromatic heterocycles. The van der Waals surface area contributed by atoms with Crippen LogP contribution in [0.2, 0.25) is 0 Å². The van der Waals surface area contributed by atoms with Crippen LogP contribution in [0.1, 0.15) is 36.4 Å². The van der Waals surface area contributed by atoms with Gasteiger partial charge in [-0.15, -0.1) is 0 Å². The van der Waals surface area contributed by atoms with Crippen molar-refractivity contribution >= 4 is 23.2 Å². The van der Waals surface area contributed by atoms with E-state index in [1.54, 1.807) is 29.2 Å². The second kappa shape index (κ2) is 9.02. The average molecular weight is 441 g/mol. The van der Waals surface area contributed by atoms with Gasteiger partial charge in [0.1, 0.15) is 0 Å². The first-order valence-electron chi connectivity index (χ1n) is 11.0. The van der Waals surface area contributed by atoms with Crippen LogP contribution >= 0.6 is 0 Å². The highest BCUT2D eigenvalue weighted by Crippen LogP contribution is 2.38. The molecule has 0 bridgehead atoms. The Labute approximate surface area is 186 Å². The summed E-state index contributed by atoms with van der Waals surface area (Å²) in [6, 6.07) is 7.94. The van der Waals surface area contributed by atoms with Gasteiger partial charge < -0.3 is 19.5 Å². The first-order valence-corrected chi connectivity index (χ1v) is 11.0. The van der Waals surface area contributed by atoms with Crippen LogP contribution in [0, 0.1) is 22.0 Å². The fourth-order valence-corrected chi connectivity index (χ4v) is 4.58. The van der Waals surface area contributed by atoms with Crippen molar-refractivity contribution in [2.24, 2.45) is 11.8 Å². The van der Waals surface area contributed by atoms with E-state index in [0.29, 0.717) is 38.5 Å². The molecule has 1 aromatic carbocycles. The van der Waals surface area contributed by atoms with Crippen molar-refractivity contribution in [3.05, 3.63) is 58.0 Å². The van der Waals surface area contributed by atoms with Crippen molar-refractivity contribution in [3.63, 3.8) is 0 Å². The minimum absolute atomic E-state index is 0.0211. The predicted molar refractivity (Wildman–Crippen MR) is 119 cm³/mol. The third kappa shape index (κ3) is 4.32. The van der Waals surface area contributed by atoms with Crippen molar-refractivity contribution in [2.75, 3.05) is 31.1 Å². The molecule has 9 heteroatoms. The van der Waals surface area contributed by atoms with E-state index in [2.05, 4.69) is 24.1 Å². The van der Waals surface area contributed by atoms with E-state index in [1.807, 2.05) is 0 Å². The van der Waals surface area contributed by atoms with Gasteiger partial charge in [0.05, 0.1) is 23.1 Å². The molecule has 32 heavy (non-hydrogen) atoms. The molecule has 0 radical (unpaired) electrons. The van der Waals surface area contributed by atoms with Gasteiger partial charge in [0.2, 0.25) is 5.91 Å². The maximum absolute atomic E-state index is 13.2. The third-order valence-electron chi connectivity index (χ3n) is 6.28. The highest BCUT2D eigenvalue weighted by molar-refractivity contribution is 5.92. The molecule has 0 unspecified atom stereocenters. The largest absolute Gasteiger partial charge is 0.459 e. The van der Waals surface area contributed by atoms with Gasteiger partial charge in [-0.25, -0.2) is 0 Å². The van der Waals surface area contributed by atoms with Crippen molar-refractivity contribution in [1.29, 1.82) is 0 Å². The molecule has 0 spiro atoms. The van der Waals surface area contributed by atoms with Crippen LogP contribution in [-0.2, 0) is 11.2 Å². The lowest BCUT2D eigenvalue weighted by atomic mass is 9.83. The van der Waals surface area contributed by atoms with E-state index in [1.165, 1.54) is 12.3 Å². The highest BCUT2D eigenvalue weighted by atomic mass is 16.6. The van der Waals surface area contributed by atoms with Crippen LogP contribution in [-0.4, -0.2) is 53.9 Å². The number of furan rings is 1. The summed E-state index contributed by atoms with van der Waals surface area (Å²) in [7, 11) is 0. The van der Waals surface area contributed by atoms with Gasteiger partial charge in [-0.1, -0.05) is 13.8 Å². The van der Waals surface area contributed by atoms with Gasteiger partial charge in [0, 0.05) is 44.0 Å². The number of hydrogen-bond donors (Lipinski definition) is 1. The molecular formula is C23H28N4O5. The van der Waals surface area contributed by atoms with Crippen LogP contribution < -0.4 is 10.2 Å². The molecule has 1 N–H and O–H groups in total. The summed E-state index contributed by atoms with van der Waals surface area (Å²) in [5, 5.41) is 14.3. The van der Waals surface area contributed by atoms with Crippen molar-refractivity contribution in [2.45, 2.75) is 32.7 Å². The number of piperazine rings is 1. The predicted octanol–water partition coefficient (Wildman–Crippen LogP) is 2.85. The number of non-ortho nitro benzene ring substituents is 1. The second-order valence-electron chi connectivity index (χ2n) is 8.84. The number of nitrogens with one attached hydrogen (secondary N) is 1. The van der Waals surface area contributed by atoms with Gasteiger partial charge >= 0.3 is 0 Å². The standard InChI is InChI=1S/C23H28N4O5/c1-15(2)7-8-24-22(28)18-13-16-12-17(27(30)31)5-6-19(16)26-10-9-25(14-20(18)26)23(29)21-4-3-11-32-21/h3-6,11-12,15,18,20H,7-10,13-14H2,1-2H3,(H,24,28)/t18-,20-/m0/s1. The number of fused-ring (bicyclic) bond motifs is 3. The minimum Gasteiger partial charge on any atom is -0.459 e. The smallest absolute Gasteiger partial charge is 0.289 e. The zero-order valence-corrected chi connectivity index (χ0v) is 18.3. The fourth-order valence-electron chi connectivity index (χ4n) is 4.58. The minimum atomic E-state index is -0.413. The molecule has 2 aliphatic rings. The maximum atomic E-state index is 13.2. The Hall–Kier alpha value is -3.36. The quantitative estimate of drug-likeness (QED) is 0.547. The monoisotopic (exact) mass is 440 g/mol. The Morgan fingerprint density at radius 3 is 2.78 bits per heavy atom. The SMILES string of the molecule is CC(C)CCNC(=O)[C@H]1Cc2cc([N+](=O)[O-])ccc2N2CCN(C(=O)c3ccco3)C[C@@H]12. The molecule has 2 amide bonds. The molecule has 0 aliphatic carbocycles. The van der Waals surface area contributed by atoms with Gasteiger partial charge in [-0.05, 0) is 42.5 Å². The zero-order valence-electron chi connectivity index (χ0n) is 18.3. The normalized spacial score (nSPS) is 20.0. The van der Waals surface area contributed by atoms with Gasteiger partial charge in [0.15, 0.2) is 5.76 Å². The van der Waals surface area contributed by atoms with Crippen LogP contribution in [0.3, 0.4) is 0 Å². The number of rotatable bonds is 6. The Balaban J connectivity index is 1.61. The van der Waals surface area contributed by atoms with E-state index in [0.717, 1.165) is 17.7 Å². The first kappa shape index (κ1) is 21.9. The van der Waals surface area contributed by atoms with E-state index in [-0.39, 0.29) is 29.3 Å². The molecular weight excluding hydrogens is 412 g/mol. The van der Waals surface area contributed by atoms with Gasteiger partial charge in [-0.2, -0.15) is 0 Å². The molecule has 2 aliphatic heterocycles. The highest BCUT2D eigenvalue weighted by Gasteiger charge is 2.43. The van der Waals surface area contributed by atoms with Crippen molar-refractivity contribution in [3.8, 4) is 0 Å². The lowest BCUT2D eigenvalue weighted by Crippen LogP contribution is -2.62. The number of carbonyl (C=O) groups excluding carboxylic acids is 2. The lowest BCUT2D eigenvalue weighted by Gasteiger charge is -2.48. The molecule has 4 rings (SSSR count). The summed E-state index contributed by atoms with van der Waals surface area (Å²) in [5.41, 5.74) is 1.72. The van der Waals surface area contributed by atoms with Gasteiger partial charge in [-0.3, -0.25) is 19.7 Å². The second-order valence-corrected chi connectivity index (χ2v) is 8.84. The van der Waals surface area contributed by atoms with Crippen molar-refractivity contribution in [1.82, 2.24) is 10.2 Å². The number of benzene rings is 1. The number of anilines is 1. The molecule has 0 saturated carbocycles. The Bertz CT molecular complexity index is 1000. The summed E-state index contributed by atoms with van der Waals surface area (Å²) in [4.78, 5) is 40.8. The number of nitro groups is 1. The van der Waals surface area contributed by atoms with Crippen LogP contribution in [0.4, 0.5) is 11.4 Å². The Morgan fingerprint density at radius 2 is 2.09 bits per heavy atom. The van der Waals surface area contributed by atoms with E-state index in [9.17, 15) is 19.7 Å². The molecule has 2 atom stereocenters. The first-order chi connectivity index (χ1) is 15.3. The number of carbonyl (C=O) groups is 2. The molecule has 3 heterocycles. The molecule has 9 nitrogen and oxygen atoms in total.